The Bertz CT molecular complexity index is 921. The fourth-order valence-electron chi connectivity index (χ4n) is 3.40. The zero-order valence-corrected chi connectivity index (χ0v) is 17.9. The van der Waals surface area contributed by atoms with E-state index in [1.165, 1.54) is 4.68 Å². The van der Waals surface area contributed by atoms with Crippen LogP contribution < -0.4 is 15.7 Å². The Balaban J connectivity index is 1.62. The maximum absolute atomic E-state index is 12.6. The number of aryl methyl sites for hydroxylation is 1. The fraction of sp³-hybridized carbons (Fsp3) is 0.550. The van der Waals surface area contributed by atoms with E-state index in [2.05, 4.69) is 10.4 Å². The highest BCUT2D eigenvalue weighted by atomic mass is 35.5. The predicted octanol–water partition coefficient (Wildman–Crippen LogP) is 1.79. The molecule has 1 aliphatic heterocycles. The highest BCUT2D eigenvalue weighted by Gasteiger charge is 2.22. The van der Waals surface area contributed by atoms with Gasteiger partial charge in [0.2, 0.25) is 0 Å². The third-order valence-corrected chi connectivity index (χ3v) is 5.30. The molecule has 0 saturated heterocycles. The van der Waals surface area contributed by atoms with Crippen molar-refractivity contribution in [3.63, 3.8) is 0 Å². The van der Waals surface area contributed by atoms with Crippen LogP contribution in [0.4, 0.5) is 0 Å². The van der Waals surface area contributed by atoms with Crippen molar-refractivity contribution in [2.24, 2.45) is 0 Å². The Hall–Kier alpha value is -2.32. The lowest BCUT2D eigenvalue weighted by Gasteiger charge is -2.16. The first-order valence-electron chi connectivity index (χ1n) is 9.93. The fourth-order valence-corrected chi connectivity index (χ4v) is 3.63. The van der Waals surface area contributed by atoms with Gasteiger partial charge in [-0.1, -0.05) is 11.6 Å². The second kappa shape index (κ2) is 9.45. The number of likely N-dealkylation sites (N-methyl/N-ethyl adjacent to an activating group) is 1. The van der Waals surface area contributed by atoms with E-state index >= 15 is 0 Å². The van der Waals surface area contributed by atoms with Crippen LogP contribution in [0.15, 0.2) is 23.0 Å². The molecule has 1 aromatic carbocycles. The van der Waals surface area contributed by atoms with Crippen LogP contribution in [-0.2, 0) is 19.5 Å². The van der Waals surface area contributed by atoms with Gasteiger partial charge < -0.3 is 15.0 Å². The quantitative estimate of drug-likeness (QED) is 0.737. The van der Waals surface area contributed by atoms with Gasteiger partial charge in [0.15, 0.2) is 0 Å². The zero-order chi connectivity index (χ0) is 21.0. The summed E-state index contributed by atoms with van der Waals surface area (Å²) < 4.78 is 8.68. The van der Waals surface area contributed by atoms with Crippen LogP contribution in [0.1, 0.15) is 35.9 Å². The number of carbonyl (C=O) groups is 1. The minimum absolute atomic E-state index is 0.0239. The van der Waals surface area contributed by atoms with E-state index in [0.717, 1.165) is 18.8 Å². The first kappa shape index (κ1) is 21.4. The van der Waals surface area contributed by atoms with Crippen molar-refractivity contribution in [3.05, 3.63) is 45.1 Å². The molecule has 0 saturated carbocycles. The van der Waals surface area contributed by atoms with Gasteiger partial charge in [0.25, 0.3) is 5.91 Å². The molecular weight excluding hydrogens is 394 g/mol. The number of hydrogen-bond acceptors (Lipinski definition) is 5. The van der Waals surface area contributed by atoms with Crippen LogP contribution in [0.3, 0.4) is 0 Å². The van der Waals surface area contributed by atoms with Crippen molar-refractivity contribution in [1.29, 1.82) is 0 Å². The topological polar surface area (TPSA) is 81.4 Å². The average molecular weight is 422 g/mol. The van der Waals surface area contributed by atoms with E-state index in [1.807, 2.05) is 25.9 Å². The van der Waals surface area contributed by atoms with Gasteiger partial charge in [0, 0.05) is 31.1 Å². The lowest BCUT2D eigenvalue weighted by molar-refractivity contribution is 0.0933. The van der Waals surface area contributed by atoms with Crippen LogP contribution in [0.5, 0.6) is 5.75 Å². The second-order valence-electron chi connectivity index (χ2n) is 7.45. The maximum atomic E-state index is 12.6. The number of benzene rings is 1. The number of carbonyl (C=O) groups excluding carboxylic acids is 1. The van der Waals surface area contributed by atoms with Gasteiger partial charge in [0.05, 0.1) is 18.2 Å². The summed E-state index contributed by atoms with van der Waals surface area (Å²) in [6.45, 7) is 4.28. The number of rotatable bonds is 7. The van der Waals surface area contributed by atoms with E-state index in [-0.39, 0.29) is 17.6 Å². The number of nitrogens with zero attached hydrogens (tertiary/aromatic N) is 4. The molecule has 1 aromatic heterocycles. The monoisotopic (exact) mass is 421 g/mol. The van der Waals surface area contributed by atoms with Crippen molar-refractivity contribution in [2.75, 3.05) is 27.2 Å². The van der Waals surface area contributed by atoms with Crippen LogP contribution in [0, 0.1) is 0 Å². The number of amides is 1. The minimum Gasteiger partial charge on any atom is -0.492 e. The molecule has 0 spiro atoms. The molecule has 8 nitrogen and oxygen atoms in total. The molecule has 0 bridgehead atoms. The number of nitrogens with one attached hydrogen (secondary N) is 1. The molecule has 0 fully saturated rings. The highest BCUT2D eigenvalue weighted by molar-refractivity contribution is 6.32. The first-order chi connectivity index (χ1) is 13.9. The van der Waals surface area contributed by atoms with E-state index in [4.69, 9.17) is 16.3 Å². The standard InChI is InChI=1S/C20H28ClN5O3/c1-4-29-17-7-5-14(13-16(17)21)19(27)22-15-6-8-18-23-26(12-11-24(2)3)20(28)25(18)10-9-15/h5,7,13,15H,4,6,8-12H2,1-3H3,(H,22,27). The number of halogens is 1. The molecule has 158 valence electrons. The van der Waals surface area contributed by atoms with Gasteiger partial charge in [-0.3, -0.25) is 9.36 Å². The molecule has 9 heteroatoms. The summed E-state index contributed by atoms with van der Waals surface area (Å²) in [6, 6.07) is 5.01. The lowest BCUT2D eigenvalue weighted by Crippen LogP contribution is -2.36. The number of aromatic nitrogens is 3. The van der Waals surface area contributed by atoms with Gasteiger partial charge in [-0.2, -0.15) is 5.10 Å². The summed E-state index contributed by atoms with van der Waals surface area (Å²) in [5, 5.41) is 7.96. The van der Waals surface area contributed by atoms with E-state index in [0.29, 0.717) is 48.9 Å². The first-order valence-corrected chi connectivity index (χ1v) is 10.3. The van der Waals surface area contributed by atoms with Gasteiger partial charge in [-0.05, 0) is 52.1 Å². The van der Waals surface area contributed by atoms with Crippen LogP contribution in [-0.4, -0.2) is 58.4 Å². The van der Waals surface area contributed by atoms with E-state index in [1.54, 1.807) is 22.8 Å². The Kier molecular flexibility index (Phi) is 6.97. The van der Waals surface area contributed by atoms with Crippen LogP contribution >= 0.6 is 11.6 Å². The molecule has 0 aliphatic carbocycles. The molecule has 0 radical (unpaired) electrons. The van der Waals surface area contributed by atoms with Gasteiger partial charge in [-0.25, -0.2) is 9.48 Å². The van der Waals surface area contributed by atoms with Crippen LogP contribution in [0.2, 0.25) is 5.02 Å². The molecule has 1 aliphatic rings. The lowest BCUT2D eigenvalue weighted by atomic mass is 10.1. The largest absolute Gasteiger partial charge is 0.492 e. The summed E-state index contributed by atoms with van der Waals surface area (Å²) in [7, 11) is 3.94. The summed E-state index contributed by atoms with van der Waals surface area (Å²) in [6.07, 6.45) is 2.07. The predicted molar refractivity (Wildman–Crippen MR) is 112 cm³/mol. The zero-order valence-electron chi connectivity index (χ0n) is 17.2. The smallest absolute Gasteiger partial charge is 0.345 e. The normalized spacial score (nSPS) is 16.4. The van der Waals surface area contributed by atoms with Crippen molar-refractivity contribution >= 4 is 17.5 Å². The number of fused-ring (bicyclic) bond motifs is 1. The van der Waals surface area contributed by atoms with Gasteiger partial charge in [-0.15, -0.1) is 0 Å². The molecule has 29 heavy (non-hydrogen) atoms. The van der Waals surface area contributed by atoms with Gasteiger partial charge in [0.1, 0.15) is 11.6 Å². The SMILES string of the molecule is CCOc1ccc(C(=O)NC2CCc3nn(CCN(C)C)c(=O)n3CC2)cc1Cl. The Morgan fingerprint density at radius 3 is 2.86 bits per heavy atom. The Labute approximate surface area is 175 Å². The second-order valence-corrected chi connectivity index (χ2v) is 7.86. The Morgan fingerprint density at radius 1 is 1.38 bits per heavy atom. The summed E-state index contributed by atoms with van der Waals surface area (Å²) >= 11 is 6.19. The number of ether oxygens (including phenoxy) is 1. The number of hydrogen-bond donors (Lipinski definition) is 1. The summed E-state index contributed by atoms with van der Waals surface area (Å²) in [5.74, 6) is 1.17. The minimum atomic E-state index is -0.178. The average Bonchev–Trinajstić information content (AvgIpc) is 2.84. The third-order valence-electron chi connectivity index (χ3n) is 5.01. The molecule has 1 atom stereocenters. The molecule has 2 heterocycles. The van der Waals surface area contributed by atoms with E-state index in [9.17, 15) is 9.59 Å². The Morgan fingerprint density at radius 2 is 2.17 bits per heavy atom. The molecule has 2 aromatic rings. The summed E-state index contributed by atoms with van der Waals surface area (Å²) in [5.41, 5.74) is 0.415. The molecular formula is C20H28ClN5O3. The summed E-state index contributed by atoms with van der Waals surface area (Å²) in [4.78, 5) is 27.2. The third kappa shape index (κ3) is 5.19. The van der Waals surface area contributed by atoms with E-state index < -0.39 is 0 Å². The van der Waals surface area contributed by atoms with Crippen molar-refractivity contribution in [2.45, 2.75) is 45.3 Å². The molecule has 1 N–H and O–H groups in total. The molecule has 1 unspecified atom stereocenters. The molecule has 1 amide bonds. The van der Waals surface area contributed by atoms with Crippen LogP contribution in [0.25, 0.3) is 0 Å². The molecule has 3 rings (SSSR count). The maximum Gasteiger partial charge on any atom is 0.345 e. The van der Waals surface area contributed by atoms with Crippen molar-refractivity contribution in [1.82, 2.24) is 24.6 Å². The van der Waals surface area contributed by atoms with Crippen molar-refractivity contribution in [3.8, 4) is 5.75 Å². The van der Waals surface area contributed by atoms with Gasteiger partial charge >= 0.3 is 5.69 Å². The highest BCUT2D eigenvalue weighted by Crippen LogP contribution is 2.25. The van der Waals surface area contributed by atoms with Crippen molar-refractivity contribution < 1.29 is 9.53 Å².